The zero-order valence-electron chi connectivity index (χ0n) is 44.8. The number of nitrogens with zero attached hydrogens (tertiary/aromatic N) is 3. The quantitative estimate of drug-likeness (QED) is 0.147. The second kappa shape index (κ2) is 16.9. The van der Waals surface area contributed by atoms with Gasteiger partial charge in [-0.1, -0.05) is 20.8 Å². The van der Waals surface area contributed by atoms with Gasteiger partial charge in [0.05, 0.1) is 0 Å². The monoisotopic (exact) mass is 1010 g/mol. The van der Waals surface area contributed by atoms with Gasteiger partial charge in [-0.25, -0.2) is 0 Å². The van der Waals surface area contributed by atoms with E-state index in [1.807, 2.05) is 0 Å². The molecule has 0 aromatic heterocycles. The maximum absolute atomic E-state index is 3.49. The second-order valence-corrected chi connectivity index (χ2v) is 28.5. The summed E-state index contributed by atoms with van der Waals surface area (Å²) in [6, 6.07) is 91.2. The van der Waals surface area contributed by atoms with Crippen molar-refractivity contribution in [3.8, 4) is 22.3 Å². The molecule has 0 N–H and O–H groups in total. The number of anilines is 8. The van der Waals surface area contributed by atoms with E-state index < -0.39 is 8.07 Å². The normalized spacial score (nSPS) is 19.5. The Hall–Kier alpha value is -8.12. The molecule has 10 aromatic carbocycles. The zero-order valence-corrected chi connectivity index (χ0v) is 46.0. The molecule has 1 fully saturated rings. The molecule has 0 spiro atoms. The number of hydrogen-bond acceptors (Lipinski definition) is 3. The van der Waals surface area contributed by atoms with E-state index in [1.165, 1.54) is 135 Å². The first-order valence-electron chi connectivity index (χ1n) is 28.2. The van der Waals surface area contributed by atoms with Crippen molar-refractivity contribution in [1.29, 1.82) is 0 Å². The van der Waals surface area contributed by atoms with E-state index in [9.17, 15) is 0 Å². The van der Waals surface area contributed by atoms with Gasteiger partial charge < -0.3 is 0 Å². The van der Waals surface area contributed by atoms with Gasteiger partial charge in [0.2, 0.25) is 0 Å². The van der Waals surface area contributed by atoms with E-state index in [0.29, 0.717) is 0 Å². The molecular weight excluding hydrogens is 946 g/mol. The van der Waals surface area contributed by atoms with Gasteiger partial charge in [-0.05, 0) is 5.41 Å². The van der Waals surface area contributed by atoms with Crippen molar-refractivity contribution in [3.63, 3.8) is 0 Å². The molecule has 0 radical (unpaired) electrons. The van der Waals surface area contributed by atoms with Gasteiger partial charge in [0, 0.05) is 0 Å². The van der Waals surface area contributed by atoms with E-state index in [2.05, 4.69) is 286 Å². The van der Waals surface area contributed by atoms with E-state index in [4.69, 9.17) is 0 Å². The SMILES string of the molecule is CC(C)(C)c1ccc2c(c1)C1(C)CCCCC1(C)N2c1cc2c3c(c1)N(c1ccc(-c4ccccc4)cc1)c1cccc4c1B3c1c(cccc1[SiH-]4(c1ccccc1)c1ccccc1)N2c1ccc(-c2ccccc2)cc1. The number of rotatable bonds is 7. The van der Waals surface area contributed by atoms with Crippen LogP contribution in [0.1, 0.15) is 71.4 Å². The minimum atomic E-state index is -3.49. The molecule has 77 heavy (non-hydrogen) atoms. The van der Waals surface area contributed by atoms with Crippen molar-refractivity contribution in [2.24, 2.45) is 0 Å². The van der Waals surface area contributed by atoms with Crippen molar-refractivity contribution in [2.45, 2.75) is 76.7 Å². The molecule has 1 aliphatic carbocycles. The van der Waals surface area contributed by atoms with Crippen LogP contribution in [0, 0.1) is 0 Å². The summed E-state index contributed by atoms with van der Waals surface area (Å²) in [4.78, 5) is 8.16. The standard InChI is InChI=1S/C72H63BN3Si/c1-70(2,3)53-38-43-60-59(46-53)71(4)44-18-19-45-72(71,5)76(60)56-47-63-67-64(48-56)75(55-41-36-52(37-42-55)50-24-12-7-13-25-50)62-31-21-33-66-69(62)73(67)68-61(74(63)54-39-34-51(35-40-54)49-22-10-6-11-23-49)30-20-32-65(68)77(66,57-26-14-8-15-27-57)58-28-16-9-17-29-58/h6-17,20-43,46-48,77H,18-19,44-45H2,1-5H3/q-1. The fourth-order valence-electron chi connectivity index (χ4n) is 15.6. The Morgan fingerprint density at radius 2 is 0.857 bits per heavy atom. The van der Waals surface area contributed by atoms with Crippen molar-refractivity contribution in [2.75, 3.05) is 14.7 Å². The Morgan fingerprint density at radius 1 is 0.403 bits per heavy atom. The van der Waals surface area contributed by atoms with Crippen molar-refractivity contribution < 1.29 is 0 Å². The van der Waals surface area contributed by atoms with Gasteiger partial charge in [-0.3, -0.25) is 0 Å². The zero-order chi connectivity index (χ0) is 51.8. The van der Waals surface area contributed by atoms with E-state index in [-0.39, 0.29) is 23.1 Å². The fourth-order valence-corrected chi connectivity index (χ4v) is 21.7. The Balaban J connectivity index is 1.07. The van der Waals surface area contributed by atoms with E-state index in [0.717, 1.165) is 6.42 Å². The molecule has 4 aliphatic heterocycles. The van der Waals surface area contributed by atoms with Crippen LogP contribution >= 0.6 is 0 Å². The van der Waals surface area contributed by atoms with Gasteiger partial charge >= 0.3 is 433 Å². The average Bonchev–Trinajstić information content (AvgIpc) is 3.92. The fraction of sp³-hybridized carbons (Fsp3) is 0.167. The summed E-state index contributed by atoms with van der Waals surface area (Å²) in [7, 11) is -3.49. The first-order valence-corrected chi connectivity index (χ1v) is 30.5. The van der Waals surface area contributed by atoms with Crippen LogP contribution in [-0.2, 0) is 10.8 Å². The molecule has 374 valence electrons. The van der Waals surface area contributed by atoms with Crippen LogP contribution in [-0.4, -0.2) is 20.3 Å². The van der Waals surface area contributed by atoms with Gasteiger partial charge in [0.1, 0.15) is 0 Å². The molecular formula is C72H63BN3Si-. The molecule has 15 rings (SSSR count). The van der Waals surface area contributed by atoms with Crippen LogP contribution in [0.25, 0.3) is 22.3 Å². The van der Waals surface area contributed by atoms with Gasteiger partial charge in [0.25, 0.3) is 0 Å². The summed E-state index contributed by atoms with van der Waals surface area (Å²) in [5.74, 6) is 0. The predicted molar refractivity (Wildman–Crippen MR) is 331 cm³/mol. The Kier molecular flexibility index (Phi) is 10.2. The van der Waals surface area contributed by atoms with Crippen LogP contribution in [0.5, 0.6) is 0 Å². The summed E-state index contributed by atoms with van der Waals surface area (Å²) < 4.78 is 0. The van der Waals surface area contributed by atoms with Gasteiger partial charge in [-0.15, -0.1) is 0 Å². The summed E-state index contributed by atoms with van der Waals surface area (Å²) in [6.45, 7) is 12.3. The van der Waals surface area contributed by atoms with Gasteiger partial charge in [0.15, 0.2) is 0 Å². The predicted octanol–water partition coefficient (Wildman–Crippen LogP) is 13.6. The van der Waals surface area contributed by atoms with Crippen LogP contribution in [0.3, 0.4) is 0 Å². The summed E-state index contributed by atoms with van der Waals surface area (Å²) >= 11 is 0. The van der Waals surface area contributed by atoms with Crippen LogP contribution in [0.4, 0.5) is 45.5 Å². The summed E-state index contributed by atoms with van der Waals surface area (Å²) in [5, 5.41) is 5.87. The summed E-state index contributed by atoms with van der Waals surface area (Å²) in [6.07, 6.45) is 4.75. The van der Waals surface area contributed by atoms with Crippen LogP contribution < -0.4 is 51.8 Å². The van der Waals surface area contributed by atoms with Crippen LogP contribution in [0.15, 0.2) is 237 Å². The Labute approximate surface area is 456 Å². The third kappa shape index (κ3) is 6.50. The van der Waals surface area contributed by atoms with E-state index >= 15 is 0 Å². The Bertz CT molecular complexity index is 3740. The average molecular weight is 1010 g/mol. The van der Waals surface area contributed by atoms with Crippen molar-refractivity contribution >= 4 is 97.4 Å². The first-order chi connectivity index (χ1) is 37.6. The molecule has 2 unspecified atom stereocenters. The molecule has 4 heterocycles. The summed E-state index contributed by atoms with van der Waals surface area (Å²) in [5.41, 5.74) is 21.9. The van der Waals surface area contributed by atoms with Gasteiger partial charge in [-0.2, -0.15) is 0 Å². The second-order valence-electron chi connectivity index (χ2n) is 24.2. The molecule has 0 bridgehead atoms. The van der Waals surface area contributed by atoms with Crippen molar-refractivity contribution in [1.82, 2.24) is 0 Å². The third-order valence-electron chi connectivity index (χ3n) is 19.4. The molecule has 0 amide bonds. The molecule has 1 saturated carbocycles. The maximum atomic E-state index is 2.82. The van der Waals surface area contributed by atoms with Crippen LogP contribution in [0.2, 0.25) is 0 Å². The third-order valence-corrected chi connectivity index (χ3v) is 25.1. The molecule has 0 saturated heterocycles. The van der Waals surface area contributed by atoms with Crippen molar-refractivity contribution in [3.05, 3.63) is 248 Å². The number of benzene rings is 10. The molecule has 5 heteroatoms. The molecule has 5 aliphatic rings. The number of hydrogen-bond donors (Lipinski definition) is 0. The number of fused-ring (bicyclic) bond motifs is 3. The molecule has 3 nitrogen and oxygen atoms in total. The minimum absolute atomic E-state index is 0.00225. The van der Waals surface area contributed by atoms with E-state index in [1.54, 1.807) is 0 Å². The first kappa shape index (κ1) is 46.2. The molecule has 2 atom stereocenters. The Morgan fingerprint density at radius 3 is 1.34 bits per heavy atom. The topological polar surface area (TPSA) is 9.72 Å². The molecule has 10 aromatic rings.